The highest BCUT2D eigenvalue weighted by molar-refractivity contribution is 7.91. The van der Waals surface area contributed by atoms with Crippen LogP contribution in [0, 0.1) is 0 Å². The van der Waals surface area contributed by atoms with Crippen LogP contribution in [0.25, 0.3) is 0 Å². The van der Waals surface area contributed by atoms with E-state index in [1.807, 2.05) is 12.1 Å². The molecule has 1 saturated heterocycles. The third kappa shape index (κ3) is 3.14. The molecule has 18 heavy (non-hydrogen) atoms. The highest BCUT2D eigenvalue weighted by Crippen LogP contribution is 2.25. The second-order valence-electron chi connectivity index (χ2n) is 4.36. The smallest absolute Gasteiger partial charge is 0.154 e. The van der Waals surface area contributed by atoms with E-state index in [9.17, 15) is 8.42 Å². The molecule has 0 bridgehead atoms. The third-order valence-corrected chi connectivity index (χ3v) is 4.64. The van der Waals surface area contributed by atoms with E-state index in [1.165, 1.54) is 0 Å². The van der Waals surface area contributed by atoms with Crippen molar-refractivity contribution in [2.24, 2.45) is 5.73 Å². The largest absolute Gasteiger partial charge is 0.497 e. The summed E-state index contributed by atoms with van der Waals surface area (Å²) in [5.74, 6) is 1.55. The number of rotatable bonds is 4. The van der Waals surface area contributed by atoms with Crippen molar-refractivity contribution in [1.82, 2.24) is 0 Å². The van der Waals surface area contributed by atoms with E-state index >= 15 is 0 Å². The average Bonchev–Trinajstić information content (AvgIpc) is 2.68. The van der Waals surface area contributed by atoms with Gasteiger partial charge in [-0.05, 0) is 24.1 Å². The molecule has 2 rings (SSSR count). The van der Waals surface area contributed by atoms with Crippen molar-refractivity contribution >= 4 is 9.84 Å². The zero-order valence-electron chi connectivity index (χ0n) is 10.3. The quantitative estimate of drug-likeness (QED) is 0.873. The fraction of sp³-hybridized carbons (Fsp3) is 0.500. The number of methoxy groups -OCH3 is 1. The Morgan fingerprint density at radius 2 is 2.06 bits per heavy atom. The Kier molecular flexibility index (Phi) is 3.77. The molecule has 1 aromatic rings. The molecule has 100 valence electrons. The van der Waals surface area contributed by atoms with Crippen molar-refractivity contribution in [3.8, 4) is 11.5 Å². The Hall–Kier alpha value is -1.27. The maximum atomic E-state index is 11.4. The topological polar surface area (TPSA) is 78.6 Å². The summed E-state index contributed by atoms with van der Waals surface area (Å²) in [4.78, 5) is 0. The van der Waals surface area contributed by atoms with Gasteiger partial charge in [0.15, 0.2) is 9.84 Å². The lowest BCUT2D eigenvalue weighted by atomic mass is 10.2. The van der Waals surface area contributed by atoms with Gasteiger partial charge in [0.05, 0.1) is 18.6 Å². The van der Waals surface area contributed by atoms with Gasteiger partial charge in [0.1, 0.15) is 17.6 Å². The molecule has 1 heterocycles. The lowest BCUT2D eigenvalue weighted by molar-refractivity contribution is 0.227. The van der Waals surface area contributed by atoms with Crippen LogP contribution in [0.5, 0.6) is 11.5 Å². The summed E-state index contributed by atoms with van der Waals surface area (Å²) < 4.78 is 33.5. The van der Waals surface area contributed by atoms with Crippen molar-refractivity contribution in [3.05, 3.63) is 23.8 Å². The first-order valence-electron chi connectivity index (χ1n) is 5.77. The molecular weight excluding hydrogens is 254 g/mol. The van der Waals surface area contributed by atoms with Crippen molar-refractivity contribution in [3.63, 3.8) is 0 Å². The van der Waals surface area contributed by atoms with Crippen LogP contribution in [-0.2, 0) is 16.4 Å². The molecule has 5 nitrogen and oxygen atoms in total. The molecule has 1 aliphatic rings. The number of benzene rings is 1. The van der Waals surface area contributed by atoms with E-state index < -0.39 is 9.84 Å². The Bertz CT molecular complexity index is 505. The predicted molar refractivity (Wildman–Crippen MR) is 68.6 cm³/mol. The van der Waals surface area contributed by atoms with Crippen LogP contribution in [0.4, 0.5) is 0 Å². The standard InChI is InChI=1S/C12H17NO4S/c1-16-11-4-9(7-13)5-12(6-11)17-10-2-3-18(14,15)8-10/h4-6,10H,2-3,7-8,13H2,1H3. The summed E-state index contributed by atoms with van der Waals surface area (Å²) >= 11 is 0. The third-order valence-electron chi connectivity index (χ3n) is 2.90. The van der Waals surface area contributed by atoms with Gasteiger partial charge < -0.3 is 15.2 Å². The van der Waals surface area contributed by atoms with Crippen LogP contribution in [0.15, 0.2) is 18.2 Å². The van der Waals surface area contributed by atoms with Gasteiger partial charge in [0, 0.05) is 12.6 Å². The molecule has 6 heteroatoms. The molecule has 1 fully saturated rings. The average molecular weight is 271 g/mol. The molecule has 2 N–H and O–H groups in total. The second-order valence-corrected chi connectivity index (χ2v) is 6.59. The van der Waals surface area contributed by atoms with E-state index in [4.69, 9.17) is 15.2 Å². The monoisotopic (exact) mass is 271 g/mol. The van der Waals surface area contributed by atoms with Crippen molar-refractivity contribution in [2.45, 2.75) is 19.1 Å². The summed E-state index contributed by atoms with van der Waals surface area (Å²) in [6, 6.07) is 5.38. The number of nitrogens with two attached hydrogens (primary N) is 1. The van der Waals surface area contributed by atoms with E-state index in [1.54, 1.807) is 13.2 Å². The summed E-state index contributed by atoms with van der Waals surface area (Å²) in [7, 11) is -1.36. The minimum atomic E-state index is -2.93. The number of hydrogen-bond acceptors (Lipinski definition) is 5. The molecule has 0 amide bonds. The maximum absolute atomic E-state index is 11.4. The van der Waals surface area contributed by atoms with Gasteiger partial charge in [0.25, 0.3) is 0 Å². The molecule has 0 aromatic heterocycles. The Labute approximate surface area is 107 Å². The molecule has 1 atom stereocenters. The normalized spacial score (nSPS) is 21.8. The van der Waals surface area contributed by atoms with Crippen LogP contribution >= 0.6 is 0 Å². The molecular formula is C12H17NO4S. The van der Waals surface area contributed by atoms with E-state index in [0.717, 1.165) is 5.56 Å². The van der Waals surface area contributed by atoms with Crippen LogP contribution in [-0.4, -0.2) is 33.1 Å². The minimum absolute atomic E-state index is 0.0855. The summed E-state index contributed by atoms with van der Waals surface area (Å²) in [6.07, 6.45) is 0.269. The molecule has 1 unspecified atom stereocenters. The Morgan fingerprint density at radius 1 is 1.33 bits per heavy atom. The number of hydrogen-bond donors (Lipinski definition) is 1. The lowest BCUT2D eigenvalue weighted by Gasteiger charge is -2.14. The first-order chi connectivity index (χ1) is 8.52. The first kappa shape index (κ1) is 13.2. The molecule has 1 aliphatic heterocycles. The van der Waals surface area contributed by atoms with Crippen molar-refractivity contribution in [2.75, 3.05) is 18.6 Å². The number of ether oxygens (including phenoxy) is 2. The predicted octanol–water partition coefficient (Wildman–Crippen LogP) is 0.720. The van der Waals surface area contributed by atoms with E-state index in [2.05, 4.69) is 0 Å². The molecule has 1 aromatic carbocycles. The van der Waals surface area contributed by atoms with Gasteiger partial charge in [-0.25, -0.2) is 8.42 Å². The summed E-state index contributed by atoms with van der Waals surface area (Å²) in [5.41, 5.74) is 6.48. The molecule has 0 saturated carbocycles. The van der Waals surface area contributed by atoms with Gasteiger partial charge in [-0.3, -0.25) is 0 Å². The van der Waals surface area contributed by atoms with Gasteiger partial charge in [0.2, 0.25) is 0 Å². The second kappa shape index (κ2) is 5.16. The zero-order valence-corrected chi connectivity index (χ0v) is 11.1. The van der Waals surface area contributed by atoms with Crippen LogP contribution in [0.3, 0.4) is 0 Å². The number of sulfone groups is 1. The fourth-order valence-corrected chi connectivity index (χ4v) is 3.57. The minimum Gasteiger partial charge on any atom is -0.497 e. The fourth-order valence-electron chi connectivity index (χ4n) is 1.98. The zero-order chi connectivity index (χ0) is 13.2. The van der Waals surface area contributed by atoms with Crippen LogP contribution in [0.2, 0.25) is 0 Å². The molecule has 0 radical (unpaired) electrons. The van der Waals surface area contributed by atoms with Gasteiger partial charge in [-0.15, -0.1) is 0 Å². The highest BCUT2D eigenvalue weighted by atomic mass is 32.2. The summed E-state index contributed by atoms with van der Waals surface area (Å²) in [6.45, 7) is 0.385. The maximum Gasteiger partial charge on any atom is 0.154 e. The van der Waals surface area contributed by atoms with Gasteiger partial charge in [-0.2, -0.15) is 0 Å². The van der Waals surface area contributed by atoms with Gasteiger partial charge in [-0.1, -0.05) is 0 Å². The Balaban J connectivity index is 2.14. The van der Waals surface area contributed by atoms with Gasteiger partial charge >= 0.3 is 0 Å². The SMILES string of the molecule is COc1cc(CN)cc(OC2CCS(=O)(=O)C2)c1. The first-order valence-corrected chi connectivity index (χ1v) is 7.59. The lowest BCUT2D eigenvalue weighted by Crippen LogP contribution is -2.17. The van der Waals surface area contributed by atoms with E-state index in [0.29, 0.717) is 24.5 Å². The van der Waals surface area contributed by atoms with Crippen molar-refractivity contribution < 1.29 is 17.9 Å². The molecule has 0 spiro atoms. The van der Waals surface area contributed by atoms with Crippen molar-refractivity contribution in [1.29, 1.82) is 0 Å². The molecule has 0 aliphatic carbocycles. The highest BCUT2D eigenvalue weighted by Gasteiger charge is 2.29. The van der Waals surface area contributed by atoms with Crippen LogP contribution < -0.4 is 15.2 Å². The van der Waals surface area contributed by atoms with Crippen LogP contribution in [0.1, 0.15) is 12.0 Å². The van der Waals surface area contributed by atoms with E-state index in [-0.39, 0.29) is 17.6 Å². The Morgan fingerprint density at radius 3 is 2.61 bits per heavy atom. The summed E-state index contributed by atoms with van der Waals surface area (Å²) in [5, 5.41) is 0.